The van der Waals surface area contributed by atoms with Crippen molar-refractivity contribution in [3.8, 4) is 5.75 Å². The highest BCUT2D eigenvalue weighted by molar-refractivity contribution is 5.85. The first-order valence-electron chi connectivity index (χ1n) is 3.39. The van der Waals surface area contributed by atoms with Crippen molar-refractivity contribution in [1.82, 2.24) is 0 Å². The SMILES string of the molecule is Cl.N[C@H](C(=O)O)c1ccccc1O. The van der Waals surface area contributed by atoms with Crippen LogP contribution in [0.15, 0.2) is 24.3 Å². The first-order valence-corrected chi connectivity index (χ1v) is 3.39. The van der Waals surface area contributed by atoms with E-state index < -0.39 is 12.0 Å². The number of carboxylic acids is 1. The van der Waals surface area contributed by atoms with Crippen molar-refractivity contribution in [2.24, 2.45) is 5.73 Å². The summed E-state index contributed by atoms with van der Waals surface area (Å²) in [5, 5.41) is 17.7. The van der Waals surface area contributed by atoms with Crippen molar-refractivity contribution < 1.29 is 15.0 Å². The summed E-state index contributed by atoms with van der Waals surface area (Å²) < 4.78 is 0. The van der Waals surface area contributed by atoms with E-state index in [9.17, 15) is 9.90 Å². The van der Waals surface area contributed by atoms with Crippen LogP contribution in [0.25, 0.3) is 0 Å². The normalized spacial score (nSPS) is 11.5. The van der Waals surface area contributed by atoms with Crippen LogP contribution in [0.2, 0.25) is 0 Å². The number of hydrogen-bond donors (Lipinski definition) is 3. The fraction of sp³-hybridized carbons (Fsp3) is 0.125. The summed E-state index contributed by atoms with van der Waals surface area (Å²) in [6.07, 6.45) is 0. The van der Waals surface area contributed by atoms with Gasteiger partial charge in [0.05, 0.1) is 0 Å². The molecule has 0 saturated heterocycles. The van der Waals surface area contributed by atoms with E-state index in [-0.39, 0.29) is 23.7 Å². The lowest BCUT2D eigenvalue weighted by Crippen LogP contribution is -2.20. The molecule has 5 heteroatoms. The molecule has 0 heterocycles. The van der Waals surface area contributed by atoms with Gasteiger partial charge < -0.3 is 15.9 Å². The topological polar surface area (TPSA) is 83.6 Å². The van der Waals surface area contributed by atoms with Gasteiger partial charge in [0.2, 0.25) is 0 Å². The van der Waals surface area contributed by atoms with E-state index in [4.69, 9.17) is 10.8 Å². The molecule has 13 heavy (non-hydrogen) atoms. The van der Waals surface area contributed by atoms with Gasteiger partial charge in [-0.15, -0.1) is 12.4 Å². The molecule has 0 unspecified atom stereocenters. The van der Waals surface area contributed by atoms with Crippen molar-refractivity contribution in [2.45, 2.75) is 6.04 Å². The lowest BCUT2D eigenvalue weighted by atomic mass is 10.1. The number of aromatic hydroxyl groups is 1. The fourth-order valence-electron chi connectivity index (χ4n) is 0.884. The maximum Gasteiger partial charge on any atom is 0.325 e. The molecule has 0 aliphatic carbocycles. The van der Waals surface area contributed by atoms with Crippen LogP contribution in [0.4, 0.5) is 0 Å². The molecule has 0 saturated carbocycles. The number of aliphatic carboxylic acids is 1. The van der Waals surface area contributed by atoms with Gasteiger partial charge in [-0.1, -0.05) is 18.2 Å². The predicted octanol–water partition coefficient (Wildman–Crippen LogP) is 0.898. The first-order chi connectivity index (χ1) is 5.63. The number of rotatable bonds is 2. The zero-order valence-corrected chi connectivity index (χ0v) is 7.49. The Morgan fingerprint density at radius 2 is 1.92 bits per heavy atom. The lowest BCUT2D eigenvalue weighted by molar-refractivity contribution is -0.138. The van der Waals surface area contributed by atoms with Gasteiger partial charge in [-0.05, 0) is 6.07 Å². The van der Waals surface area contributed by atoms with Crippen LogP contribution in [0.3, 0.4) is 0 Å². The van der Waals surface area contributed by atoms with E-state index in [0.717, 1.165) is 0 Å². The monoisotopic (exact) mass is 203 g/mol. The van der Waals surface area contributed by atoms with Gasteiger partial charge in [-0.3, -0.25) is 4.79 Å². The van der Waals surface area contributed by atoms with Crippen molar-refractivity contribution >= 4 is 18.4 Å². The third-order valence-electron chi connectivity index (χ3n) is 1.54. The molecule has 0 amide bonds. The quantitative estimate of drug-likeness (QED) is 0.667. The number of benzene rings is 1. The second-order valence-corrected chi connectivity index (χ2v) is 2.37. The second-order valence-electron chi connectivity index (χ2n) is 2.37. The van der Waals surface area contributed by atoms with E-state index in [1.54, 1.807) is 12.1 Å². The number of carboxylic acid groups (broad SMARTS) is 1. The highest BCUT2D eigenvalue weighted by atomic mass is 35.5. The zero-order chi connectivity index (χ0) is 9.14. The van der Waals surface area contributed by atoms with Crippen LogP contribution < -0.4 is 5.73 Å². The summed E-state index contributed by atoms with van der Waals surface area (Å²) in [6.45, 7) is 0. The Hall–Kier alpha value is -1.26. The number of halogens is 1. The molecule has 0 bridgehead atoms. The molecule has 4 nitrogen and oxygen atoms in total. The molecule has 4 N–H and O–H groups in total. The van der Waals surface area contributed by atoms with Gasteiger partial charge >= 0.3 is 5.97 Å². The van der Waals surface area contributed by atoms with Crippen LogP contribution in [0.1, 0.15) is 11.6 Å². The molecule has 0 radical (unpaired) electrons. The maximum absolute atomic E-state index is 10.4. The van der Waals surface area contributed by atoms with E-state index in [1.165, 1.54) is 12.1 Å². The minimum atomic E-state index is -1.16. The third-order valence-corrected chi connectivity index (χ3v) is 1.54. The largest absolute Gasteiger partial charge is 0.508 e. The summed E-state index contributed by atoms with van der Waals surface area (Å²) in [7, 11) is 0. The van der Waals surface area contributed by atoms with Crippen molar-refractivity contribution in [3.05, 3.63) is 29.8 Å². The number of para-hydroxylation sites is 1. The van der Waals surface area contributed by atoms with E-state index >= 15 is 0 Å². The molecular weight excluding hydrogens is 194 g/mol. The summed E-state index contributed by atoms with van der Waals surface area (Å²) >= 11 is 0. The first kappa shape index (κ1) is 11.7. The Kier molecular flexibility index (Phi) is 4.23. The minimum Gasteiger partial charge on any atom is -0.508 e. The van der Waals surface area contributed by atoms with E-state index in [0.29, 0.717) is 0 Å². The number of phenolic OH excluding ortho intramolecular Hbond substituents is 1. The molecule has 0 spiro atoms. The molecule has 0 aliphatic heterocycles. The predicted molar refractivity (Wildman–Crippen MR) is 49.9 cm³/mol. The van der Waals surface area contributed by atoms with Crippen LogP contribution in [-0.2, 0) is 4.79 Å². The summed E-state index contributed by atoms with van der Waals surface area (Å²) in [5.74, 6) is -1.25. The van der Waals surface area contributed by atoms with Crippen LogP contribution >= 0.6 is 12.4 Å². The van der Waals surface area contributed by atoms with Crippen molar-refractivity contribution in [3.63, 3.8) is 0 Å². The molecule has 72 valence electrons. The third kappa shape index (κ3) is 2.61. The molecule has 1 aromatic carbocycles. The smallest absolute Gasteiger partial charge is 0.325 e. The molecule has 0 fully saturated rings. The summed E-state index contributed by atoms with van der Waals surface area (Å²) in [5.41, 5.74) is 5.51. The van der Waals surface area contributed by atoms with Gasteiger partial charge in [0.1, 0.15) is 11.8 Å². The van der Waals surface area contributed by atoms with Gasteiger partial charge in [0, 0.05) is 5.56 Å². The maximum atomic E-state index is 10.4. The van der Waals surface area contributed by atoms with Crippen molar-refractivity contribution in [2.75, 3.05) is 0 Å². The average molecular weight is 204 g/mol. The Bertz CT molecular complexity index is 303. The minimum absolute atomic E-state index is 0. The Labute approximate surface area is 81.4 Å². The lowest BCUT2D eigenvalue weighted by Gasteiger charge is -2.07. The van der Waals surface area contributed by atoms with Gasteiger partial charge in [-0.25, -0.2) is 0 Å². The number of nitrogens with two attached hydrogens (primary N) is 1. The number of phenols is 1. The molecule has 1 aromatic rings. The highest BCUT2D eigenvalue weighted by Gasteiger charge is 2.16. The molecule has 1 rings (SSSR count). The van der Waals surface area contributed by atoms with Crippen LogP contribution in [-0.4, -0.2) is 16.2 Å². The van der Waals surface area contributed by atoms with E-state index in [2.05, 4.69) is 0 Å². The zero-order valence-electron chi connectivity index (χ0n) is 6.68. The van der Waals surface area contributed by atoms with E-state index in [1.807, 2.05) is 0 Å². The summed E-state index contributed by atoms with van der Waals surface area (Å²) in [6, 6.07) is 4.95. The molecule has 0 aromatic heterocycles. The van der Waals surface area contributed by atoms with Gasteiger partial charge in [0.25, 0.3) is 0 Å². The Morgan fingerprint density at radius 3 is 2.38 bits per heavy atom. The number of carbonyl (C=O) groups is 1. The molecule has 1 atom stereocenters. The van der Waals surface area contributed by atoms with Crippen molar-refractivity contribution in [1.29, 1.82) is 0 Å². The Balaban J connectivity index is 0.00000144. The molecular formula is C8H10ClNO3. The summed E-state index contributed by atoms with van der Waals surface area (Å²) in [4.78, 5) is 10.4. The molecule has 0 aliphatic rings. The Morgan fingerprint density at radius 1 is 1.38 bits per heavy atom. The fourth-order valence-corrected chi connectivity index (χ4v) is 0.884. The van der Waals surface area contributed by atoms with Crippen LogP contribution in [0, 0.1) is 0 Å². The highest BCUT2D eigenvalue weighted by Crippen LogP contribution is 2.21. The number of hydrogen-bond acceptors (Lipinski definition) is 3. The standard InChI is InChI=1S/C8H9NO3.ClH/c9-7(8(11)12)5-3-1-2-4-6(5)10;/h1-4,7,10H,9H2,(H,11,12);1H/t7-;/m0./s1. The average Bonchev–Trinajstić information content (AvgIpc) is 2.04. The van der Waals surface area contributed by atoms with Gasteiger partial charge in [0.15, 0.2) is 0 Å². The van der Waals surface area contributed by atoms with Crippen LogP contribution in [0.5, 0.6) is 5.75 Å². The second kappa shape index (κ2) is 4.69. The van der Waals surface area contributed by atoms with Gasteiger partial charge in [-0.2, -0.15) is 0 Å².